The molecule has 0 fully saturated rings. The fourth-order valence-electron chi connectivity index (χ4n) is 3.14. The number of carbonyl (C=O) groups is 1. The van der Waals surface area contributed by atoms with Gasteiger partial charge in [0, 0.05) is 44.4 Å². The standard InChI is InChI=1S/C17H22N4O3/c1-2-4-15-18-14-6-8-20(10-13(14)17(24)19-15)9-12-5-3-7-21(12)11-16(22)23/h3,5,7H,2,4,6,8-11H2,1H3,(H,22,23)(H,18,19,24). The molecule has 0 saturated carbocycles. The summed E-state index contributed by atoms with van der Waals surface area (Å²) in [6, 6.07) is 3.77. The van der Waals surface area contributed by atoms with Gasteiger partial charge < -0.3 is 14.7 Å². The predicted octanol–water partition coefficient (Wildman–Crippen LogP) is 1.17. The van der Waals surface area contributed by atoms with Crippen molar-refractivity contribution in [1.29, 1.82) is 0 Å². The molecule has 2 aromatic heterocycles. The zero-order valence-electron chi connectivity index (χ0n) is 13.8. The number of aromatic nitrogens is 3. The number of fused-ring (bicyclic) bond motifs is 1. The molecule has 3 rings (SSSR count). The summed E-state index contributed by atoms with van der Waals surface area (Å²) in [7, 11) is 0. The van der Waals surface area contributed by atoms with E-state index < -0.39 is 5.97 Å². The molecular formula is C17H22N4O3. The topological polar surface area (TPSA) is 91.2 Å². The molecule has 0 saturated heterocycles. The average molecular weight is 330 g/mol. The Morgan fingerprint density at radius 2 is 2.29 bits per heavy atom. The highest BCUT2D eigenvalue weighted by molar-refractivity contribution is 5.66. The van der Waals surface area contributed by atoms with E-state index in [4.69, 9.17) is 5.11 Å². The Morgan fingerprint density at radius 3 is 3.04 bits per heavy atom. The minimum atomic E-state index is -0.861. The number of aliphatic carboxylic acids is 1. The Hall–Kier alpha value is -2.41. The second kappa shape index (κ2) is 7.00. The molecule has 1 aliphatic rings. The number of aromatic amines is 1. The maximum Gasteiger partial charge on any atom is 0.323 e. The third kappa shape index (κ3) is 3.56. The van der Waals surface area contributed by atoms with Crippen LogP contribution < -0.4 is 5.56 Å². The molecule has 0 aromatic carbocycles. The van der Waals surface area contributed by atoms with Crippen molar-refractivity contribution in [2.45, 2.75) is 45.8 Å². The van der Waals surface area contributed by atoms with Gasteiger partial charge in [-0.25, -0.2) is 4.98 Å². The van der Waals surface area contributed by atoms with Gasteiger partial charge in [-0.15, -0.1) is 0 Å². The van der Waals surface area contributed by atoms with Crippen LogP contribution in [0.25, 0.3) is 0 Å². The predicted molar refractivity (Wildman–Crippen MR) is 88.7 cm³/mol. The molecule has 0 radical (unpaired) electrons. The third-order valence-corrected chi connectivity index (χ3v) is 4.30. The normalized spacial score (nSPS) is 14.5. The quantitative estimate of drug-likeness (QED) is 0.829. The van der Waals surface area contributed by atoms with E-state index in [9.17, 15) is 9.59 Å². The summed E-state index contributed by atoms with van der Waals surface area (Å²) in [6.45, 7) is 3.99. The van der Waals surface area contributed by atoms with Gasteiger partial charge in [0.15, 0.2) is 0 Å². The number of nitrogens with zero attached hydrogens (tertiary/aromatic N) is 3. The smallest absolute Gasteiger partial charge is 0.323 e. The van der Waals surface area contributed by atoms with Gasteiger partial charge in [-0.3, -0.25) is 14.5 Å². The highest BCUT2D eigenvalue weighted by atomic mass is 16.4. The van der Waals surface area contributed by atoms with Crippen LogP contribution in [0.15, 0.2) is 23.1 Å². The van der Waals surface area contributed by atoms with Gasteiger partial charge in [0.25, 0.3) is 5.56 Å². The summed E-state index contributed by atoms with van der Waals surface area (Å²) < 4.78 is 1.73. The van der Waals surface area contributed by atoms with Crippen LogP contribution in [0.1, 0.15) is 36.1 Å². The van der Waals surface area contributed by atoms with Gasteiger partial charge in [0.2, 0.25) is 0 Å². The van der Waals surface area contributed by atoms with E-state index >= 15 is 0 Å². The van der Waals surface area contributed by atoms with Crippen LogP contribution >= 0.6 is 0 Å². The second-order valence-electron chi connectivity index (χ2n) is 6.17. The SMILES string of the molecule is CCCc1nc2c(c(=O)[nH]1)CN(Cc1cccn1CC(=O)O)CC2. The Balaban J connectivity index is 1.75. The number of H-pyrrole nitrogens is 1. The molecule has 0 aliphatic carbocycles. The van der Waals surface area contributed by atoms with Crippen LogP contribution in [0, 0.1) is 0 Å². The number of hydrogen-bond acceptors (Lipinski definition) is 4. The number of nitrogens with one attached hydrogen (secondary N) is 1. The Labute approximate surface area is 140 Å². The molecular weight excluding hydrogens is 308 g/mol. The molecule has 0 spiro atoms. The van der Waals surface area contributed by atoms with Gasteiger partial charge in [-0.2, -0.15) is 0 Å². The van der Waals surface area contributed by atoms with Gasteiger partial charge in [0.1, 0.15) is 12.4 Å². The lowest BCUT2D eigenvalue weighted by Crippen LogP contribution is -2.36. The number of carboxylic acids is 1. The lowest BCUT2D eigenvalue weighted by atomic mass is 10.1. The van der Waals surface area contributed by atoms with E-state index in [1.54, 1.807) is 10.8 Å². The largest absolute Gasteiger partial charge is 0.480 e. The number of aryl methyl sites for hydroxylation is 1. The Kier molecular flexibility index (Phi) is 4.80. The molecule has 0 unspecified atom stereocenters. The monoisotopic (exact) mass is 330 g/mol. The van der Waals surface area contributed by atoms with Crippen LogP contribution in [-0.2, 0) is 37.3 Å². The van der Waals surface area contributed by atoms with Crippen LogP contribution in [0.2, 0.25) is 0 Å². The zero-order chi connectivity index (χ0) is 17.1. The van der Waals surface area contributed by atoms with Crippen molar-refractivity contribution in [2.24, 2.45) is 0 Å². The lowest BCUT2D eigenvalue weighted by molar-refractivity contribution is -0.137. The fraction of sp³-hybridized carbons (Fsp3) is 0.471. The first kappa shape index (κ1) is 16.4. The summed E-state index contributed by atoms with van der Waals surface area (Å²) in [5, 5.41) is 8.96. The molecule has 7 heteroatoms. The maximum absolute atomic E-state index is 12.3. The minimum absolute atomic E-state index is 0.0464. The first-order valence-corrected chi connectivity index (χ1v) is 8.26. The van der Waals surface area contributed by atoms with Crippen LogP contribution in [-0.4, -0.2) is 37.1 Å². The van der Waals surface area contributed by atoms with Crippen molar-refractivity contribution in [3.8, 4) is 0 Å². The van der Waals surface area contributed by atoms with Crippen LogP contribution in [0.5, 0.6) is 0 Å². The zero-order valence-corrected chi connectivity index (χ0v) is 13.8. The van der Waals surface area contributed by atoms with Crippen LogP contribution in [0.3, 0.4) is 0 Å². The van der Waals surface area contributed by atoms with Crippen molar-refractivity contribution in [3.05, 3.63) is 51.5 Å². The first-order valence-electron chi connectivity index (χ1n) is 8.26. The van der Waals surface area contributed by atoms with Gasteiger partial charge in [-0.1, -0.05) is 6.92 Å². The molecule has 2 N–H and O–H groups in total. The average Bonchev–Trinajstić information content (AvgIpc) is 2.94. The molecule has 1 aliphatic heterocycles. The highest BCUT2D eigenvalue weighted by Crippen LogP contribution is 2.17. The minimum Gasteiger partial charge on any atom is -0.480 e. The van der Waals surface area contributed by atoms with Crippen molar-refractivity contribution in [2.75, 3.05) is 6.54 Å². The van der Waals surface area contributed by atoms with Crippen LogP contribution in [0.4, 0.5) is 0 Å². The summed E-state index contributed by atoms with van der Waals surface area (Å²) in [6.07, 6.45) is 4.26. The van der Waals surface area contributed by atoms with Crippen molar-refractivity contribution < 1.29 is 9.90 Å². The van der Waals surface area contributed by atoms with Gasteiger partial charge >= 0.3 is 5.97 Å². The van der Waals surface area contributed by atoms with Crippen molar-refractivity contribution >= 4 is 5.97 Å². The van der Waals surface area contributed by atoms with E-state index in [0.29, 0.717) is 13.1 Å². The fourth-order valence-corrected chi connectivity index (χ4v) is 3.14. The number of rotatable bonds is 6. The summed E-state index contributed by atoms with van der Waals surface area (Å²) in [4.78, 5) is 32.9. The van der Waals surface area contributed by atoms with E-state index in [1.165, 1.54) is 0 Å². The molecule has 2 aromatic rings. The lowest BCUT2D eigenvalue weighted by Gasteiger charge is -2.28. The summed E-state index contributed by atoms with van der Waals surface area (Å²) in [5.74, 6) is -0.0921. The second-order valence-corrected chi connectivity index (χ2v) is 6.17. The van der Waals surface area contributed by atoms with E-state index in [-0.39, 0.29) is 12.1 Å². The number of carboxylic acid groups (broad SMARTS) is 1. The molecule has 0 amide bonds. The summed E-state index contributed by atoms with van der Waals surface area (Å²) in [5.41, 5.74) is 2.53. The summed E-state index contributed by atoms with van der Waals surface area (Å²) >= 11 is 0. The molecule has 24 heavy (non-hydrogen) atoms. The van der Waals surface area contributed by atoms with Gasteiger partial charge in [-0.05, 0) is 18.6 Å². The first-order chi connectivity index (χ1) is 11.6. The molecule has 0 bridgehead atoms. The molecule has 3 heterocycles. The van der Waals surface area contributed by atoms with E-state index in [0.717, 1.165) is 48.6 Å². The Morgan fingerprint density at radius 1 is 1.46 bits per heavy atom. The molecule has 0 atom stereocenters. The van der Waals surface area contributed by atoms with E-state index in [1.807, 2.05) is 12.1 Å². The molecule has 128 valence electrons. The number of hydrogen-bond donors (Lipinski definition) is 2. The highest BCUT2D eigenvalue weighted by Gasteiger charge is 2.22. The third-order valence-electron chi connectivity index (χ3n) is 4.30. The molecule has 7 nitrogen and oxygen atoms in total. The Bertz CT molecular complexity index is 793. The van der Waals surface area contributed by atoms with E-state index in [2.05, 4.69) is 21.8 Å². The van der Waals surface area contributed by atoms with Crippen molar-refractivity contribution in [3.63, 3.8) is 0 Å². The maximum atomic E-state index is 12.3. The van der Waals surface area contributed by atoms with Gasteiger partial charge in [0.05, 0.1) is 11.3 Å². The van der Waals surface area contributed by atoms with Crippen molar-refractivity contribution in [1.82, 2.24) is 19.4 Å².